The van der Waals surface area contributed by atoms with Crippen molar-refractivity contribution in [2.75, 3.05) is 12.8 Å². The van der Waals surface area contributed by atoms with Gasteiger partial charge in [-0.25, -0.2) is 4.98 Å². The average molecular weight is 231 g/mol. The van der Waals surface area contributed by atoms with Gasteiger partial charge in [0.1, 0.15) is 12.4 Å². The fraction of sp³-hybridized carbons (Fsp3) is 0.167. The molecule has 0 unspecified atom stereocenters. The zero-order valence-corrected chi connectivity index (χ0v) is 9.46. The van der Waals surface area contributed by atoms with E-state index < -0.39 is 0 Å². The fourth-order valence-electron chi connectivity index (χ4n) is 1.36. The lowest BCUT2D eigenvalue weighted by Crippen LogP contribution is -2.00. The minimum Gasteiger partial charge on any atom is -0.497 e. The summed E-state index contributed by atoms with van der Waals surface area (Å²) in [6, 6.07) is 9.31. The summed E-state index contributed by atoms with van der Waals surface area (Å²) in [7, 11) is 1.63. The van der Waals surface area contributed by atoms with E-state index in [4.69, 9.17) is 15.2 Å². The molecule has 2 aromatic rings. The molecule has 0 saturated carbocycles. The van der Waals surface area contributed by atoms with Crippen LogP contribution in [0.3, 0.4) is 0 Å². The molecule has 2 rings (SSSR count). The van der Waals surface area contributed by atoms with Crippen LogP contribution in [0.5, 0.6) is 11.6 Å². The number of nitrogens with two attached hydrogens (primary N) is 1. The Morgan fingerprint density at radius 1 is 1.29 bits per heavy atom. The topological polar surface area (TPSA) is 70.3 Å². The van der Waals surface area contributed by atoms with Crippen LogP contribution < -0.4 is 15.2 Å². The van der Waals surface area contributed by atoms with E-state index in [2.05, 4.69) is 9.97 Å². The number of methoxy groups -OCH3 is 1. The number of benzene rings is 1. The number of aromatic nitrogens is 2. The minimum atomic E-state index is 0.202. The first-order valence-electron chi connectivity index (χ1n) is 5.12. The molecule has 0 aliphatic heterocycles. The van der Waals surface area contributed by atoms with Gasteiger partial charge < -0.3 is 15.2 Å². The zero-order chi connectivity index (χ0) is 12.1. The highest BCUT2D eigenvalue weighted by Crippen LogP contribution is 2.14. The van der Waals surface area contributed by atoms with Crippen molar-refractivity contribution in [1.82, 2.24) is 9.97 Å². The third-order valence-electron chi connectivity index (χ3n) is 2.17. The van der Waals surface area contributed by atoms with Crippen LogP contribution in [0.1, 0.15) is 5.56 Å². The lowest BCUT2D eigenvalue weighted by molar-refractivity contribution is 0.293. The van der Waals surface area contributed by atoms with Crippen LogP contribution in [0, 0.1) is 0 Å². The summed E-state index contributed by atoms with van der Waals surface area (Å²) in [6.45, 7) is 0.410. The van der Waals surface area contributed by atoms with Gasteiger partial charge in [-0.2, -0.15) is 4.98 Å². The molecule has 0 saturated heterocycles. The van der Waals surface area contributed by atoms with E-state index in [0.29, 0.717) is 12.5 Å². The van der Waals surface area contributed by atoms with Crippen LogP contribution in [0.15, 0.2) is 36.5 Å². The van der Waals surface area contributed by atoms with Crippen molar-refractivity contribution in [3.63, 3.8) is 0 Å². The highest BCUT2D eigenvalue weighted by molar-refractivity contribution is 5.28. The molecule has 0 spiro atoms. The van der Waals surface area contributed by atoms with Crippen LogP contribution in [0.2, 0.25) is 0 Å². The average Bonchev–Trinajstić information content (AvgIpc) is 2.37. The molecular weight excluding hydrogens is 218 g/mol. The van der Waals surface area contributed by atoms with Crippen molar-refractivity contribution in [1.29, 1.82) is 0 Å². The Morgan fingerprint density at radius 3 is 2.94 bits per heavy atom. The van der Waals surface area contributed by atoms with Crippen molar-refractivity contribution in [2.45, 2.75) is 6.61 Å². The number of hydrogen-bond acceptors (Lipinski definition) is 5. The third-order valence-corrected chi connectivity index (χ3v) is 2.17. The van der Waals surface area contributed by atoms with Gasteiger partial charge >= 0.3 is 0 Å². The molecule has 5 heteroatoms. The van der Waals surface area contributed by atoms with Crippen LogP contribution in [-0.4, -0.2) is 17.1 Å². The maximum atomic E-state index is 5.49. The molecule has 88 valence electrons. The molecule has 0 bridgehead atoms. The zero-order valence-electron chi connectivity index (χ0n) is 9.46. The Balaban J connectivity index is 2.02. The lowest BCUT2D eigenvalue weighted by Gasteiger charge is -2.06. The van der Waals surface area contributed by atoms with Gasteiger partial charge in [-0.1, -0.05) is 12.1 Å². The molecule has 0 amide bonds. The summed E-state index contributed by atoms with van der Waals surface area (Å²) >= 11 is 0. The van der Waals surface area contributed by atoms with E-state index in [1.807, 2.05) is 24.3 Å². The van der Waals surface area contributed by atoms with Crippen molar-refractivity contribution in [3.05, 3.63) is 42.1 Å². The maximum Gasteiger partial charge on any atom is 0.223 e. The maximum absolute atomic E-state index is 5.49. The first kappa shape index (κ1) is 11.2. The van der Waals surface area contributed by atoms with Crippen molar-refractivity contribution < 1.29 is 9.47 Å². The molecule has 0 aliphatic carbocycles. The van der Waals surface area contributed by atoms with Gasteiger partial charge in [0.05, 0.1) is 7.11 Å². The van der Waals surface area contributed by atoms with Gasteiger partial charge in [0.2, 0.25) is 11.8 Å². The Morgan fingerprint density at radius 2 is 2.18 bits per heavy atom. The standard InChI is InChI=1S/C12H13N3O2/c1-16-10-4-2-3-9(7-10)8-17-11-5-6-14-12(13)15-11/h2-7H,8H2,1H3,(H2,13,14,15). The molecule has 0 atom stereocenters. The summed E-state index contributed by atoms with van der Waals surface area (Å²) in [5.74, 6) is 1.46. The minimum absolute atomic E-state index is 0.202. The predicted molar refractivity (Wildman–Crippen MR) is 63.8 cm³/mol. The van der Waals surface area contributed by atoms with E-state index in [1.165, 1.54) is 0 Å². The van der Waals surface area contributed by atoms with E-state index in [1.54, 1.807) is 19.4 Å². The summed E-state index contributed by atoms with van der Waals surface area (Å²) in [6.07, 6.45) is 1.56. The number of anilines is 1. The number of hydrogen-bond donors (Lipinski definition) is 1. The molecule has 1 aromatic heterocycles. The highest BCUT2D eigenvalue weighted by Gasteiger charge is 1.99. The number of ether oxygens (including phenoxy) is 2. The molecule has 0 aliphatic rings. The molecule has 0 fully saturated rings. The summed E-state index contributed by atoms with van der Waals surface area (Å²) in [4.78, 5) is 7.73. The summed E-state index contributed by atoms with van der Waals surface area (Å²) in [5, 5.41) is 0. The van der Waals surface area contributed by atoms with Crippen LogP contribution in [0.4, 0.5) is 5.95 Å². The van der Waals surface area contributed by atoms with Crippen LogP contribution >= 0.6 is 0 Å². The second kappa shape index (κ2) is 5.16. The first-order valence-corrected chi connectivity index (χ1v) is 5.12. The van der Waals surface area contributed by atoms with E-state index in [9.17, 15) is 0 Å². The smallest absolute Gasteiger partial charge is 0.223 e. The molecule has 1 heterocycles. The third kappa shape index (κ3) is 3.07. The number of nitrogens with zero attached hydrogens (tertiary/aromatic N) is 2. The second-order valence-electron chi connectivity index (χ2n) is 3.39. The monoisotopic (exact) mass is 231 g/mol. The van der Waals surface area contributed by atoms with E-state index >= 15 is 0 Å². The van der Waals surface area contributed by atoms with Crippen LogP contribution in [-0.2, 0) is 6.61 Å². The van der Waals surface area contributed by atoms with Crippen molar-refractivity contribution in [2.24, 2.45) is 0 Å². The van der Waals surface area contributed by atoms with Gasteiger partial charge in [0, 0.05) is 12.3 Å². The van der Waals surface area contributed by atoms with Gasteiger partial charge in [0.15, 0.2) is 0 Å². The molecule has 2 N–H and O–H groups in total. The van der Waals surface area contributed by atoms with Gasteiger partial charge in [-0.05, 0) is 17.7 Å². The Kier molecular flexibility index (Phi) is 3.40. The second-order valence-corrected chi connectivity index (χ2v) is 3.39. The summed E-state index contributed by atoms with van der Waals surface area (Å²) < 4.78 is 10.6. The number of rotatable bonds is 4. The first-order chi connectivity index (χ1) is 8.28. The van der Waals surface area contributed by atoms with Gasteiger partial charge in [-0.15, -0.1) is 0 Å². The predicted octanol–water partition coefficient (Wildman–Crippen LogP) is 1.65. The number of nitrogen functional groups attached to an aromatic ring is 1. The lowest BCUT2D eigenvalue weighted by atomic mass is 10.2. The SMILES string of the molecule is COc1cccc(COc2ccnc(N)n2)c1. The Hall–Kier alpha value is -2.30. The largest absolute Gasteiger partial charge is 0.497 e. The van der Waals surface area contributed by atoms with E-state index in [-0.39, 0.29) is 5.95 Å². The van der Waals surface area contributed by atoms with Crippen LogP contribution in [0.25, 0.3) is 0 Å². The van der Waals surface area contributed by atoms with Crippen molar-refractivity contribution in [3.8, 4) is 11.6 Å². The van der Waals surface area contributed by atoms with Gasteiger partial charge in [-0.3, -0.25) is 0 Å². The quantitative estimate of drug-likeness (QED) is 0.866. The van der Waals surface area contributed by atoms with Gasteiger partial charge in [0.25, 0.3) is 0 Å². The Bertz CT molecular complexity index is 503. The summed E-state index contributed by atoms with van der Waals surface area (Å²) in [5.41, 5.74) is 6.45. The molecule has 1 aromatic carbocycles. The molecule has 17 heavy (non-hydrogen) atoms. The molecular formula is C12H13N3O2. The van der Waals surface area contributed by atoms with E-state index in [0.717, 1.165) is 11.3 Å². The normalized spacial score (nSPS) is 9.94. The molecule has 0 radical (unpaired) electrons. The molecule has 5 nitrogen and oxygen atoms in total. The Labute approximate surface area is 99.2 Å². The van der Waals surface area contributed by atoms with Crippen molar-refractivity contribution >= 4 is 5.95 Å². The fourth-order valence-corrected chi connectivity index (χ4v) is 1.36. The highest BCUT2D eigenvalue weighted by atomic mass is 16.5.